The lowest BCUT2D eigenvalue weighted by atomic mass is 10.1. The van der Waals surface area contributed by atoms with E-state index < -0.39 is 12.0 Å². The fourth-order valence-corrected chi connectivity index (χ4v) is 2.25. The fraction of sp³-hybridized carbons (Fsp3) is 0.417. The van der Waals surface area contributed by atoms with Gasteiger partial charge in [0.25, 0.3) is 0 Å². The van der Waals surface area contributed by atoms with Gasteiger partial charge in [0, 0.05) is 4.47 Å². The molecule has 1 saturated carbocycles. The number of halogens is 2. The van der Waals surface area contributed by atoms with Crippen molar-refractivity contribution in [1.29, 1.82) is 0 Å². The van der Waals surface area contributed by atoms with Crippen LogP contribution in [0, 0.1) is 11.7 Å². The molecule has 92 valence electrons. The molecule has 1 aromatic rings. The number of carboxylic acid groups (broad SMARTS) is 1. The van der Waals surface area contributed by atoms with E-state index in [1.54, 1.807) is 0 Å². The van der Waals surface area contributed by atoms with Crippen molar-refractivity contribution in [3.05, 3.63) is 34.1 Å². The molecular formula is C12H13BrFNO2. The van der Waals surface area contributed by atoms with E-state index >= 15 is 0 Å². The Morgan fingerprint density at radius 3 is 2.82 bits per heavy atom. The third-order valence-electron chi connectivity index (χ3n) is 2.83. The van der Waals surface area contributed by atoms with Gasteiger partial charge in [0.1, 0.15) is 11.9 Å². The third kappa shape index (κ3) is 3.26. The van der Waals surface area contributed by atoms with Gasteiger partial charge in [-0.15, -0.1) is 0 Å². The first-order valence-corrected chi connectivity index (χ1v) is 6.28. The molecule has 1 atom stereocenters. The van der Waals surface area contributed by atoms with Gasteiger partial charge in [0.15, 0.2) is 0 Å². The van der Waals surface area contributed by atoms with Gasteiger partial charge in [-0.25, -0.2) is 4.39 Å². The highest BCUT2D eigenvalue weighted by molar-refractivity contribution is 9.10. The second-order valence-electron chi connectivity index (χ2n) is 4.29. The summed E-state index contributed by atoms with van der Waals surface area (Å²) in [4.78, 5) is 11.2. The van der Waals surface area contributed by atoms with Crippen LogP contribution in [0.25, 0.3) is 0 Å². The molecule has 2 N–H and O–H groups in total. The predicted molar refractivity (Wildman–Crippen MR) is 65.2 cm³/mol. The Labute approximate surface area is 107 Å². The predicted octanol–water partition coefficient (Wildman–Crippen LogP) is 2.71. The lowest BCUT2D eigenvalue weighted by molar-refractivity contribution is -0.139. The second kappa shape index (κ2) is 5.14. The first-order chi connectivity index (χ1) is 8.08. The van der Waals surface area contributed by atoms with Gasteiger partial charge in [-0.05, 0) is 43.0 Å². The van der Waals surface area contributed by atoms with Gasteiger partial charge in [0.2, 0.25) is 0 Å². The maximum atomic E-state index is 12.9. The lowest BCUT2D eigenvalue weighted by Gasteiger charge is -2.16. The summed E-state index contributed by atoms with van der Waals surface area (Å²) in [5.41, 5.74) is 0.555. The molecule has 1 fully saturated rings. The number of carbonyl (C=O) groups is 1. The van der Waals surface area contributed by atoms with Crippen LogP contribution in [0.2, 0.25) is 0 Å². The van der Waals surface area contributed by atoms with Crippen molar-refractivity contribution in [2.75, 3.05) is 6.54 Å². The molecule has 0 spiro atoms. The number of rotatable bonds is 5. The molecule has 1 unspecified atom stereocenters. The van der Waals surface area contributed by atoms with Crippen LogP contribution in [0.3, 0.4) is 0 Å². The Hall–Kier alpha value is -0.940. The van der Waals surface area contributed by atoms with E-state index in [-0.39, 0.29) is 5.82 Å². The Morgan fingerprint density at radius 1 is 1.59 bits per heavy atom. The molecule has 0 amide bonds. The number of nitrogens with one attached hydrogen (secondary N) is 1. The minimum absolute atomic E-state index is 0.382. The summed E-state index contributed by atoms with van der Waals surface area (Å²) in [6, 6.07) is 3.27. The summed E-state index contributed by atoms with van der Waals surface area (Å²) in [7, 11) is 0. The van der Waals surface area contributed by atoms with E-state index in [1.807, 2.05) is 0 Å². The lowest BCUT2D eigenvalue weighted by Crippen LogP contribution is -2.30. The molecular weight excluding hydrogens is 289 g/mol. The normalized spacial score (nSPS) is 16.8. The zero-order valence-corrected chi connectivity index (χ0v) is 10.7. The minimum atomic E-state index is -0.946. The molecule has 0 aliphatic heterocycles. The molecule has 0 aromatic heterocycles. The molecule has 1 aliphatic rings. The number of aliphatic carboxylic acids is 1. The van der Waals surface area contributed by atoms with E-state index in [9.17, 15) is 14.3 Å². The van der Waals surface area contributed by atoms with Gasteiger partial charge in [0.05, 0.1) is 0 Å². The summed E-state index contributed by atoms with van der Waals surface area (Å²) >= 11 is 3.20. The Balaban J connectivity index is 2.15. The Kier molecular flexibility index (Phi) is 3.79. The zero-order chi connectivity index (χ0) is 12.4. The van der Waals surface area contributed by atoms with E-state index in [2.05, 4.69) is 21.2 Å². The monoisotopic (exact) mass is 301 g/mol. The van der Waals surface area contributed by atoms with Crippen LogP contribution >= 0.6 is 15.9 Å². The highest BCUT2D eigenvalue weighted by Crippen LogP contribution is 2.30. The summed E-state index contributed by atoms with van der Waals surface area (Å²) < 4.78 is 13.4. The molecule has 0 saturated heterocycles. The number of benzene rings is 1. The van der Waals surface area contributed by atoms with Gasteiger partial charge in [-0.1, -0.05) is 22.0 Å². The van der Waals surface area contributed by atoms with E-state index in [0.29, 0.717) is 22.5 Å². The van der Waals surface area contributed by atoms with Crippen molar-refractivity contribution in [3.8, 4) is 0 Å². The number of hydrogen-bond donors (Lipinski definition) is 2. The average molecular weight is 302 g/mol. The molecule has 17 heavy (non-hydrogen) atoms. The quantitative estimate of drug-likeness (QED) is 0.879. The van der Waals surface area contributed by atoms with Crippen LogP contribution in [0.4, 0.5) is 4.39 Å². The summed E-state index contributed by atoms with van der Waals surface area (Å²) in [6.45, 7) is 0.695. The Morgan fingerprint density at radius 2 is 2.29 bits per heavy atom. The first kappa shape index (κ1) is 12.5. The van der Waals surface area contributed by atoms with Gasteiger partial charge < -0.3 is 10.4 Å². The number of hydrogen-bond acceptors (Lipinski definition) is 2. The maximum absolute atomic E-state index is 12.9. The van der Waals surface area contributed by atoms with E-state index in [4.69, 9.17) is 0 Å². The summed E-state index contributed by atoms with van der Waals surface area (Å²) in [5.74, 6) is -0.735. The van der Waals surface area contributed by atoms with Crippen LogP contribution in [0.1, 0.15) is 24.4 Å². The standard InChI is InChI=1S/C12H13BrFNO2/c13-10-5-8(14)3-4-9(10)11(12(16)17)15-6-7-1-2-7/h3-5,7,11,15H,1-2,6H2,(H,16,17). The highest BCUT2D eigenvalue weighted by Gasteiger charge is 2.26. The second-order valence-corrected chi connectivity index (χ2v) is 5.14. The summed E-state index contributed by atoms with van der Waals surface area (Å²) in [5, 5.41) is 12.2. The molecule has 1 aromatic carbocycles. The fourth-order valence-electron chi connectivity index (χ4n) is 1.67. The molecule has 5 heteroatoms. The number of carboxylic acids is 1. The van der Waals surface area contributed by atoms with Gasteiger partial charge in [-0.3, -0.25) is 4.79 Å². The first-order valence-electron chi connectivity index (χ1n) is 5.49. The molecule has 0 bridgehead atoms. The minimum Gasteiger partial charge on any atom is -0.480 e. The largest absolute Gasteiger partial charge is 0.480 e. The Bertz CT molecular complexity index is 435. The van der Waals surface area contributed by atoms with Gasteiger partial charge >= 0.3 is 5.97 Å². The van der Waals surface area contributed by atoms with E-state index in [1.165, 1.54) is 18.2 Å². The van der Waals surface area contributed by atoms with Crippen molar-refractivity contribution < 1.29 is 14.3 Å². The van der Waals surface area contributed by atoms with Crippen molar-refractivity contribution in [2.45, 2.75) is 18.9 Å². The molecule has 2 rings (SSSR count). The third-order valence-corrected chi connectivity index (χ3v) is 3.51. The smallest absolute Gasteiger partial charge is 0.325 e. The van der Waals surface area contributed by atoms with Crippen molar-refractivity contribution in [1.82, 2.24) is 5.32 Å². The van der Waals surface area contributed by atoms with E-state index in [0.717, 1.165) is 12.8 Å². The molecule has 0 radical (unpaired) electrons. The van der Waals surface area contributed by atoms with Crippen LogP contribution in [0.5, 0.6) is 0 Å². The van der Waals surface area contributed by atoms with Crippen molar-refractivity contribution in [2.24, 2.45) is 5.92 Å². The molecule has 0 heterocycles. The highest BCUT2D eigenvalue weighted by atomic mass is 79.9. The van der Waals surface area contributed by atoms with Gasteiger partial charge in [-0.2, -0.15) is 0 Å². The SMILES string of the molecule is O=C(O)C(NCC1CC1)c1ccc(F)cc1Br. The van der Waals surface area contributed by atoms with Crippen LogP contribution in [0.15, 0.2) is 22.7 Å². The molecule has 1 aliphatic carbocycles. The van der Waals surface area contributed by atoms with Crippen LogP contribution < -0.4 is 5.32 Å². The maximum Gasteiger partial charge on any atom is 0.325 e. The summed E-state index contributed by atoms with van der Waals surface area (Å²) in [6.07, 6.45) is 2.31. The zero-order valence-electron chi connectivity index (χ0n) is 9.12. The van der Waals surface area contributed by atoms with Crippen LogP contribution in [-0.4, -0.2) is 17.6 Å². The van der Waals surface area contributed by atoms with Crippen molar-refractivity contribution in [3.63, 3.8) is 0 Å². The van der Waals surface area contributed by atoms with Crippen LogP contribution in [-0.2, 0) is 4.79 Å². The molecule has 3 nitrogen and oxygen atoms in total. The topological polar surface area (TPSA) is 49.3 Å². The van der Waals surface area contributed by atoms with Crippen molar-refractivity contribution >= 4 is 21.9 Å². The average Bonchev–Trinajstić information content (AvgIpc) is 3.04.